The van der Waals surface area contributed by atoms with Gasteiger partial charge in [0.05, 0.1) is 22.1 Å². The van der Waals surface area contributed by atoms with Crippen LogP contribution in [0.4, 0.5) is 22.0 Å². The van der Waals surface area contributed by atoms with Crippen molar-refractivity contribution in [1.29, 1.82) is 0 Å². The summed E-state index contributed by atoms with van der Waals surface area (Å²) in [5.74, 6) is -2.23. The Labute approximate surface area is 291 Å². The van der Waals surface area contributed by atoms with E-state index >= 15 is 0 Å². The van der Waals surface area contributed by atoms with Crippen LogP contribution in [0.2, 0.25) is 0 Å². The third kappa shape index (κ3) is 8.81. The highest BCUT2D eigenvalue weighted by atomic mass is 32.2. The SMILES string of the molecule is CCCC(CCC)N(OCc1ccc(-c2ccc(C(F)(F)F)cc2)cc1)C(=O)Cn1c(SCc2cccc(F)c2F)cc(=O)c2ccccc21. The Bertz CT molecular complexity index is 1970. The molecule has 5 rings (SSSR count). The molecule has 1 amide bonds. The van der Waals surface area contributed by atoms with E-state index in [9.17, 15) is 31.5 Å². The maximum atomic E-state index is 14.5. The van der Waals surface area contributed by atoms with Crippen molar-refractivity contribution in [3.05, 3.63) is 136 Å². The van der Waals surface area contributed by atoms with E-state index in [2.05, 4.69) is 0 Å². The summed E-state index contributed by atoms with van der Waals surface area (Å²) in [5, 5.41) is 2.26. The highest BCUT2D eigenvalue weighted by Crippen LogP contribution is 2.32. The van der Waals surface area contributed by atoms with Gasteiger partial charge in [0.25, 0.3) is 5.91 Å². The number of para-hydroxylation sites is 1. The predicted octanol–water partition coefficient (Wildman–Crippen LogP) is 10.2. The largest absolute Gasteiger partial charge is 0.416 e. The number of alkyl halides is 3. The summed E-state index contributed by atoms with van der Waals surface area (Å²) >= 11 is 1.14. The van der Waals surface area contributed by atoms with Gasteiger partial charge in [-0.15, -0.1) is 11.8 Å². The van der Waals surface area contributed by atoms with Crippen molar-refractivity contribution in [3.8, 4) is 11.1 Å². The summed E-state index contributed by atoms with van der Waals surface area (Å²) in [4.78, 5) is 33.6. The van der Waals surface area contributed by atoms with Crippen LogP contribution in [-0.2, 0) is 34.7 Å². The fourth-order valence-electron chi connectivity index (χ4n) is 5.82. The molecule has 262 valence electrons. The average molecular weight is 709 g/mol. The lowest BCUT2D eigenvalue weighted by Gasteiger charge is -2.31. The van der Waals surface area contributed by atoms with Crippen LogP contribution < -0.4 is 5.43 Å². The third-order valence-electron chi connectivity index (χ3n) is 8.37. The van der Waals surface area contributed by atoms with E-state index in [0.29, 0.717) is 34.3 Å². The monoisotopic (exact) mass is 708 g/mol. The second-order valence-corrected chi connectivity index (χ2v) is 12.9. The highest BCUT2D eigenvalue weighted by molar-refractivity contribution is 7.98. The molecule has 0 unspecified atom stereocenters. The van der Waals surface area contributed by atoms with Gasteiger partial charge in [-0.1, -0.05) is 87.4 Å². The first-order valence-corrected chi connectivity index (χ1v) is 17.4. The zero-order valence-corrected chi connectivity index (χ0v) is 28.5. The number of hydroxylamine groups is 2. The minimum absolute atomic E-state index is 0.0343. The molecule has 5 aromatic rings. The van der Waals surface area contributed by atoms with Gasteiger partial charge in [0, 0.05) is 22.8 Å². The topological polar surface area (TPSA) is 51.5 Å². The number of fused-ring (bicyclic) bond motifs is 1. The lowest BCUT2D eigenvalue weighted by atomic mass is 10.0. The Kier molecular flexibility index (Phi) is 12.1. The van der Waals surface area contributed by atoms with Crippen LogP contribution in [0, 0.1) is 11.6 Å². The Morgan fingerprint density at radius 1 is 0.860 bits per heavy atom. The minimum Gasteiger partial charge on any atom is -0.326 e. The van der Waals surface area contributed by atoms with Crippen LogP contribution in [0.5, 0.6) is 0 Å². The number of aromatic nitrogens is 1. The molecule has 5 nitrogen and oxygen atoms in total. The number of carbonyl (C=O) groups is 1. The Morgan fingerprint density at radius 3 is 2.14 bits per heavy atom. The van der Waals surface area contributed by atoms with Gasteiger partial charge in [0.1, 0.15) is 13.2 Å². The van der Waals surface area contributed by atoms with Crippen LogP contribution >= 0.6 is 11.8 Å². The van der Waals surface area contributed by atoms with E-state index in [1.165, 1.54) is 35.4 Å². The van der Waals surface area contributed by atoms with Crippen molar-refractivity contribution in [3.63, 3.8) is 0 Å². The zero-order chi connectivity index (χ0) is 35.8. The number of nitrogens with zero attached hydrogens (tertiary/aromatic N) is 2. The first-order valence-electron chi connectivity index (χ1n) is 16.4. The molecule has 0 bridgehead atoms. The van der Waals surface area contributed by atoms with Crippen LogP contribution in [-0.4, -0.2) is 21.6 Å². The van der Waals surface area contributed by atoms with Crippen molar-refractivity contribution in [2.45, 2.75) is 75.7 Å². The van der Waals surface area contributed by atoms with Crippen molar-refractivity contribution in [1.82, 2.24) is 9.63 Å². The lowest BCUT2D eigenvalue weighted by Crippen LogP contribution is -2.42. The molecule has 0 saturated carbocycles. The van der Waals surface area contributed by atoms with E-state index < -0.39 is 23.4 Å². The van der Waals surface area contributed by atoms with E-state index in [1.807, 2.05) is 13.8 Å². The van der Waals surface area contributed by atoms with Gasteiger partial charge in [0.2, 0.25) is 0 Å². The first kappa shape index (κ1) is 36.8. The van der Waals surface area contributed by atoms with Crippen molar-refractivity contribution < 1.29 is 31.6 Å². The molecule has 0 atom stereocenters. The van der Waals surface area contributed by atoms with Crippen LogP contribution in [0.1, 0.15) is 56.2 Å². The van der Waals surface area contributed by atoms with Gasteiger partial charge in [-0.2, -0.15) is 13.2 Å². The van der Waals surface area contributed by atoms with E-state index in [4.69, 9.17) is 4.84 Å². The molecule has 0 aliphatic heterocycles. The van der Waals surface area contributed by atoms with Gasteiger partial charge in [-0.25, -0.2) is 13.8 Å². The number of benzene rings is 4. The van der Waals surface area contributed by atoms with Crippen LogP contribution in [0.25, 0.3) is 22.0 Å². The number of pyridine rings is 1. The standard InChI is InChI=1S/C39H37F5N2O3S/c1-3-8-31(9-4-2)46(49-24-26-14-16-27(17-15-26)28-18-20-30(21-19-28)39(42,43)44)36(48)23-45-34-13-6-5-11-32(34)35(47)22-37(45)50-25-29-10-7-12-33(40)38(29)41/h5-7,10-22,31H,3-4,8-9,23-25H2,1-2H3. The quantitative estimate of drug-likeness (QED) is 0.0655. The zero-order valence-electron chi connectivity index (χ0n) is 27.7. The summed E-state index contributed by atoms with van der Waals surface area (Å²) in [6, 6.07) is 24.2. The molecule has 1 heterocycles. The average Bonchev–Trinajstić information content (AvgIpc) is 3.10. The molecular weight excluding hydrogens is 671 g/mol. The fourth-order valence-corrected chi connectivity index (χ4v) is 6.85. The Hall–Kier alpha value is -4.48. The predicted molar refractivity (Wildman–Crippen MR) is 186 cm³/mol. The number of amides is 1. The number of hydrogen-bond acceptors (Lipinski definition) is 4. The number of thioether (sulfide) groups is 1. The lowest BCUT2D eigenvalue weighted by molar-refractivity contribution is -0.208. The second-order valence-electron chi connectivity index (χ2n) is 11.9. The molecule has 0 radical (unpaired) electrons. The van der Waals surface area contributed by atoms with Crippen molar-refractivity contribution in [2.24, 2.45) is 0 Å². The smallest absolute Gasteiger partial charge is 0.326 e. The molecule has 0 spiro atoms. The maximum Gasteiger partial charge on any atom is 0.416 e. The Morgan fingerprint density at radius 2 is 1.50 bits per heavy atom. The second kappa shape index (κ2) is 16.5. The molecule has 4 aromatic carbocycles. The van der Waals surface area contributed by atoms with E-state index in [0.717, 1.165) is 53.9 Å². The number of halogens is 5. The van der Waals surface area contributed by atoms with Gasteiger partial charge < -0.3 is 4.57 Å². The maximum absolute atomic E-state index is 14.5. The summed E-state index contributed by atoms with van der Waals surface area (Å²) < 4.78 is 69.2. The normalized spacial score (nSPS) is 11.8. The van der Waals surface area contributed by atoms with Gasteiger partial charge in [0.15, 0.2) is 17.1 Å². The minimum atomic E-state index is -4.41. The van der Waals surface area contributed by atoms with E-state index in [-0.39, 0.29) is 41.8 Å². The molecule has 0 saturated heterocycles. The summed E-state index contributed by atoms with van der Waals surface area (Å²) in [5.41, 5.74) is 1.81. The van der Waals surface area contributed by atoms with Gasteiger partial charge in [-0.3, -0.25) is 14.4 Å². The van der Waals surface area contributed by atoms with E-state index in [1.54, 1.807) is 53.1 Å². The van der Waals surface area contributed by atoms with Gasteiger partial charge >= 0.3 is 6.18 Å². The molecule has 11 heteroatoms. The number of carbonyl (C=O) groups excluding carboxylic acids is 1. The Balaban J connectivity index is 1.40. The fraction of sp³-hybridized carbons (Fsp3) is 0.282. The molecule has 1 aromatic heterocycles. The summed E-state index contributed by atoms with van der Waals surface area (Å²) in [7, 11) is 0. The van der Waals surface area contributed by atoms with Gasteiger partial charge in [-0.05, 0) is 59.9 Å². The molecule has 0 N–H and O–H groups in total. The molecule has 0 aliphatic carbocycles. The third-order valence-corrected chi connectivity index (χ3v) is 9.46. The summed E-state index contributed by atoms with van der Waals surface area (Å²) in [6.45, 7) is 3.95. The first-order chi connectivity index (χ1) is 24.0. The molecule has 0 aliphatic rings. The van der Waals surface area contributed by atoms with Crippen molar-refractivity contribution >= 4 is 28.6 Å². The number of hydrogen-bond donors (Lipinski definition) is 0. The summed E-state index contributed by atoms with van der Waals surface area (Å²) in [6.07, 6.45) is -1.42. The molecular formula is C39H37F5N2O3S. The molecule has 0 fully saturated rings. The number of rotatable bonds is 14. The molecule has 50 heavy (non-hydrogen) atoms. The van der Waals surface area contributed by atoms with Crippen molar-refractivity contribution in [2.75, 3.05) is 0 Å². The van der Waals surface area contributed by atoms with Crippen LogP contribution in [0.15, 0.2) is 107 Å². The van der Waals surface area contributed by atoms with Crippen LogP contribution in [0.3, 0.4) is 0 Å². The highest BCUT2D eigenvalue weighted by Gasteiger charge is 2.30.